The monoisotopic (exact) mass is 226 g/mol. The Morgan fingerprint density at radius 2 is 2.31 bits per heavy atom. The lowest BCUT2D eigenvalue weighted by Crippen LogP contribution is -2.14. The second-order valence-corrected chi connectivity index (χ2v) is 3.04. The van der Waals surface area contributed by atoms with E-state index in [0.29, 0.717) is 11.3 Å². The highest BCUT2D eigenvalue weighted by atomic mass is 19.1. The van der Waals surface area contributed by atoms with Gasteiger partial charge >= 0.3 is 0 Å². The van der Waals surface area contributed by atoms with Gasteiger partial charge in [0.25, 0.3) is 0 Å². The zero-order valence-electron chi connectivity index (χ0n) is 8.65. The number of amides is 1. The van der Waals surface area contributed by atoms with Gasteiger partial charge in [-0.1, -0.05) is 6.07 Å². The summed E-state index contributed by atoms with van der Waals surface area (Å²) in [5.74, 6) is -0.244. The van der Waals surface area contributed by atoms with Crippen molar-refractivity contribution in [2.45, 2.75) is 0 Å². The summed E-state index contributed by atoms with van der Waals surface area (Å²) in [7, 11) is 0. The molecule has 3 N–H and O–H groups in total. The quantitative estimate of drug-likeness (QED) is 0.749. The van der Waals surface area contributed by atoms with Gasteiger partial charge in [0.1, 0.15) is 19.0 Å². The van der Waals surface area contributed by atoms with Crippen LogP contribution in [0, 0.1) is 6.42 Å². The highest BCUT2D eigenvalue weighted by Gasteiger charge is 2.09. The van der Waals surface area contributed by atoms with Crippen LogP contribution in [0.5, 0.6) is 5.75 Å². The minimum Gasteiger partial charge on any atom is -0.491 e. The predicted molar refractivity (Wildman–Crippen MR) is 56.9 cm³/mol. The van der Waals surface area contributed by atoms with Crippen molar-refractivity contribution in [1.29, 1.82) is 0 Å². The van der Waals surface area contributed by atoms with E-state index < -0.39 is 12.6 Å². The van der Waals surface area contributed by atoms with Crippen LogP contribution in [-0.4, -0.2) is 30.9 Å². The van der Waals surface area contributed by atoms with E-state index in [1.54, 1.807) is 12.1 Å². The minimum atomic E-state index is -0.620. The molecule has 0 aliphatic rings. The minimum absolute atomic E-state index is 0.0682. The fourth-order valence-corrected chi connectivity index (χ4v) is 1.27. The molecule has 1 rings (SSSR count). The SMILES string of the molecule is NC(=O)c1cc(OCCF)ccc1[CH]CO. The van der Waals surface area contributed by atoms with E-state index in [0.717, 1.165) is 0 Å². The number of alkyl halides is 1. The van der Waals surface area contributed by atoms with E-state index in [9.17, 15) is 9.18 Å². The Bertz CT molecular complexity index is 368. The first-order valence-corrected chi connectivity index (χ1v) is 4.75. The van der Waals surface area contributed by atoms with Crippen LogP contribution in [0.4, 0.5) is 4.39 Å². The number of primary amides is 1. The summed E-state index contributed by atoms with van der Waals surface area (Å²) < 4.78 is 16.9. The first-order valence-electron chi connectivity index (χ1n) is 4.75. The first kappa shape index (κ1) is 12.4. The summed E-state index contributed by atoms with van der Waals surface area (Å²) in [5, 5.41) is 8.75. The van der Waals surface area contributed by atoms with Gasteiger partial charge in [-0.15, -0.1) is 0 Å². The van der Waals surface area contributed by atoms with Gasteiger partial charge in [0.05, 0.1) is 6.61 Å². The van der Waals surface area contributed by atoms with Crippen LogP contribution in [0.2, 0.25) is 0 Å². The maximum atomic E-state index is 11.9. The van der Waals surface area contributed by atoms with Gasteiger partial charge in [-0.2, -0.15) is 0 Å². The van der Waals surface area contributed by atoms with Gasteiger partial charge in [0, 0.05) is 12.0 Å². The first-order chi connectivity index (χ1) is 7.69. The molecule has 0 aromatic heterocycles. The van der Waals surface area contributed by atoms with Gasteiger partial charge in [-0.25, -0.2) is 4.39 Å². The van der Waals surface area contributed by atoms with E-state index in [2.05, 4.69) is 0 Å². The Labute approximate surface area is 92.8 Å². The van der Waals surface area contributed by atoms with E-state index in [4.69, 9.17) is 15.6 Å². The molecule has 87 valence electrons. The van der Waals surface area contributed by atoms with Gasteiger partial charge in [0.15, 0.2) is 0 Å². The molecular weight excluding hydrogens is 213 g/mol. The van der Waals surface area contributed by atoms with Crippen LogP contribution in [-0.2, 0) is 0 Å². The summed E-state index contributed by atoms with van der Waals surface area (Å²) in [6, 6.07) is 4.60. The zero-order valence-corrected chi connectivity index (χ0v) is 8.65. The molecule has 0 heterocycles. The molecule has 5 heteroatoms. The molecule has 1 aromatic rings. The molecule has 0 aliphatic heterocycles. The van der Waals surface area contributed by atoms with Crippen LogP contribution >= 0.6 is 0 Å². The smallest absolute Gasteiger partial charge is 0.249 e. The standard InChI is InChI=1S/C11H13FNO3/c12-4-6-16-9-2-1-8(3-5-14)10(7-9)11(13)15/h1-3,7,14H,4-6H2,(H2,13,15). The molecule has 0 spiro atoms. The number of hydrogen-bond donors (Lipinski definition) is 2. The lowest BCUT2D eigenvalue weighted by atomic mass is 10.0. The number of ether oxygens (including phenoxy) is 1. The number of rotatable bonds is 6. The average Bonchev–Trinajstić information content (AvgIpc) is 2.27. The molecule has 1 amide bonds. The lowest BCUT2D eigenvalue weighted by Gasteiger charge is -2.08. The van der Waals surface area contributed by atoms with Crippen LogP contribution in [0.15, 0.2) is 18.2 Å². The maximum absolute atomic E-state index is 11.9. The largest absolute Gasteiger partial charge is 0.491 e. The van der Waals surface area contributed by atoms with Crippen LogP contribution in [0.25, 0.3) is 0 Å². The van der Waals surface area contributed by atoms with Crippen molar-refractivity contribution in [3.05, 3.63) is 35.7 Å². The summed E-state index contributed by atoms with van der Waals surface area (Å²) in [5.41, 5.74) is 5.94. The number of nitrogens with two attached hydrogens (primary N) is 1. The predicted octanol–water partition coefficient (Wildman–Crippen LogP) is 0.678. The normalized spacial score (nSPS) is 10.1. The van der Waals surface area contributed by atoms with Crippen molar-refractivity contribution in [3.8, 4) is 5.75 Å². The van der Waals surface area contributed by atoms with Gasteiger partial charge in [-0.3, -0.25) is 4.79 Å². The number of hydrogen-bond acceptors (Lipinski definition) is 3. The fourth-order valence-electron chi connectivity index (χ4n) is 1.27. The van der Waals surface area contributed by atoms with E-state index >= 15 is 0 Å². The molecule has 4 nitrogen and oxygen atoms in total. The third kappa shape index (κ3) is 3.20. The molecule has 1 aromatic carbocycles. The topological polar surface area (TPSA) is 72.6 Å². The molecule has 0 unspecified atom stereocenters. The Morgan fingerprint density at radius 1 is 1.56 bits per heavy atom. The summed E-state index contributed by atoms with van der Waals surface area (Å²) in [6.07, 6.45) is 1.46. The van der Waals surface area contributed by atoms with Crippen molar-refractivity contribution in [2.75, 3.05) is 19.9 Å². The molecule has 0 bridgehead atoms. The van der Waals surface area contributed by atoms with Crippen molar-refractivity contribution in [2.24, 2.45) is 5.73 Å². The molecule has 0 saturated heterocycles. The Hall–Kier alpha value is -1.62. The molecule has 0 aliphatic carbocycles. The number of aliphatic hydroxyl groups is 1. The van der Waals surface area contributed by atoms with Crippen molar-refractivity contribution in [3.63, 3.8) is 0 Å². The third-order valence-corrected chi connectivity index (χ3v) is 1.95. The van der Waals surface area contributed by atoms with Gasteiger partial charge in [-0.05, 0) is 17.7 Å². The number of aliphatic hydroxyl groups excluding tert-OH is 1. The molecule has 0 fully saturated rings. The number of halogens is 1. The summed E-state index contributed by atoms with van der Waals surface area (Å²) >= 11 is 0. The van der Waals surface area contributed by atoms with Crippen molar-refractivity contribution >= 4 is 5.91 Å². The fraction of sp³-hybridized carbons (Fsp3) is 0.273. The average molecular weight is 226 g/mol. The van der Waals surface area contributed by atoms with Gasteiger partial charge in [0.2, 0.25) is 5.91 Å². The highest BCUT2D eigenvalue weighted by molar-refractivity contribution is 5.95. The van der Waals surface area contributed by atoms with E-state index in [1.165, 1.54) is 12.5 Å². The Morgan fingerprint density at radius 3 is 2.88 bits per heavy atom. The van der Waals surface area contributed by atoms with Gasteiger partial charge < -0.3 is 15.6 Å². The molecule has 1 radical (unpaired) electrons. The third-order valence-electron chi connectivity index (χ3n) is 1.95. The van der Waals surface area contributed by atoms with Crippen molar-refractivity contribution < 1.29 is 19.0 Å². The molecular formula is C11H13FNO3. The summed E-state index contributed by atoms with van der Waals surface area (Å²) in [4.78, 5) is 11.1. The Balaban J connectivity index is 2.93. The second kappa shape index (κ2) is 6.07. The number of carbonyl (C=O) groups excluding carboxylic acids is 1. The van der Waals surface area contributed by atoms with Crippen LogP contribution in [0.3, 0.4) is 0 Å². The Kier molecular flexibility index (Phi) is 4.72. The van der Waals surface area contributed by atoms with E-state index in [-0.39, 0.29) is 18.8 Å². The van der Waals surface area contributed by atoms with Crippen LogP contribution < -0.4 is 10.5 Å². The number of carbonyl (C=O) groups is 1. The summed E-state index contributed by atoms with van der Waals surface area (Å²) in [6.45, 7) is -0.858. The molecule has 0 atom stereocenters. The van der Waals surface area contributed by atoms with Crippen molar-refractivity contribution in [1.82, 2.24) is 0 Å². The van der Waals surface area contributed by atoms with E-state index in [1.807, 2.05) is 0 Å². The number of benzene rings is 1. The molecule has 16 heavy (non-hydrogen) atoms. The second-order valence-electron chi connectivity index (χ2n) is 3.04. The highest BCUT2D eigenvalue weighted by Crippen LogP contribution is 2.19. The maximum Gasteiger partial charge on any atom is 0.249 e. The van der Waals surface area contributed by atoms with Crippen LogP contribution in [0.1, 0.15) is 15.9 Å². The molecule has 0 saturated carbocycles. The zero-order chi connectivity index (χ0) is 12.0. The lowest BCUT2D eigenvalue weighted by molar-refractivity contribution is 0.0999.